The van der Waals surface area contributed by atoms with Crippen molar-refractivity contribution in [3.8, 4) is 0 Å². The average Bonchev–Trinajstić information content (AvgIpc) is 3.18. The van der Waals surface area contributed by atoms with Crippen LogP contribution in [-0.2, 0) is 22.6 Å². The van der Waals surface area contributed by atoms with Crippen molar-refractivity contribution in [3.63, 3.8) is 0 Å². The summed E-state index contributed by atoms with van der Waals surface area (Å²) in [7, 11) is 0. The fourth-order valence-electron chi connectivity index (χ4n) is 4.46. The van der Waals surface area contributed by atoms with Gasteiger partial charge in [-0.1, -0.05) is 12.1 Å². The van der Waals surface area contributed by atoms with Gasteiger partial charge < -0.3 is 20.9 Å². The van der Waals surface area contributed by atoms with E-state index in [1.807, 2.05) is 0 Å². The Balaban J connectivity index is 1.18. The monoisotopic (exact) mass is 529 g/mol. The van der Waals surface area contributed by atoms with E-state index in [4.69, 9.17) is 20.9 Å². The largest absolute Gasteiger partial charge is 0.381 e. The first-order valence-electron chi connectivity index (χ1n) is 12.6. The summed E-state index contributed by atoms with van der Waals surface area (Å²) in [6.45, 7) is 6.76. The SMILES string of the molecule is NC1=NN(Nc2ccc(CN3CCOCC3)c(F)c2)C(N)C1=NNc1ccc(CN2CCOCC2)c(F)c1. The van der Waals surface area contributed by atoms with Crippen LogP contribution >= 0.6 is 0 Å². The average molecular weight is 530 g/mol. The van der Waals surface area contributed by atoms with E-state index < -0.39 is 6.17 Å². The fraction of sp³-hybridized carbons (Fsp3) is 0.440. The molecule has 204 valence electrons. The number of rotatable bonds is 8. The number of hydrogen-bond donors (Lipinski definition) is 4. The van der Waals surface area contributed by atoms with Crippen LogP contribution in [0.25, 0.3) is 0 Å². The second kappa shape index (κ2) is 12.0. The zero-order valence-electron chi connectivity index (χ0n) is 21.1. The van der Waals surface area contributed by atoms with Gasteiger partial charge in [-0.25, -0.2) is 8.78 Å². The number of amidine groups is 1. The first kappa shape index (κ1) is 26.3. The highest BCUT2D eigenvalue weighted by atomic mass is 19.1. The number of halogens is 2. The molecule has 11 nitrogen and oxygen atoms in total. The van der Waals surface area contributed by atoms with Crippen LogP contribution in [0.1, 0.15) is 11.1 Å². The summed E-state index contributed by atoms with van der Waals surface area (Å²) < 4.78 is 40.1. The third-order valence-electron chi connectivity index (χ3n) is 6.67. The first-order chi connectivity index (χ1) is 18.5. The van der Waals surface area contributed by atoms with Crippen molar-refractivity contribution < 1.29 is 18.3 Å². The molecule has 2 aromatic carbocycles. The molecule has 0 saturated carbocycles. The van der Waals surface area contributed by atoms with Crippen LogP contribution in [0.15, 0.2) is 46.6 Å². The normalized spacial score (nSPS) is 22.1. The molecule has 0 aromatic heterocycles. The van der Waals surface area contributed by atoms with E-state index in [1.165, 1.54) is 17.3 Å². The van der Waals surface area contributed by atoms with Crippen LogP contribution < -0.4 is 22.3 Å². The maximum Gasteiger partial charge on any atom is 0.172 e. The van der Waals surface area contributed by atoms with E-state index in [9.17, 15) is 8.78 Å². The highest BCUT2D eigenvalue weighted by Gasteiger charge is 2.30. The van der Waals surface area contributed by atoms with Crippen LogP contribution in [0, 0.1) is 11.6 Å². The predicted octanol–water partition coefficient (Wildman–Crippen LogP) is 1.30. The number of hydrazone groups is 2. The van der Waals surface area contributed by atoms with E-state index in [0.29, 0.717) is 62.0 Å². The Morgan fingerprint density at radius 2 is 1.39 bits per heavy atom. The number of hydrogen-bond acceptors (Lipinski definition) is 11. The topological polar surface area (TPSA) is 129 Å². The summed E-state index contributed by atoms with van der Waals surface area (Å²) in [5.74, 6) is -0.575. The molecule has 38 heavy (non-hydrogen) atoms. The molecule has 13 heteroatoms. The molecule has 1 unspecified atom stereocenters. The van der Waals surface area contributed by atoms with E-state index in [2.05, 4.69) is 30.9 Å². The van der Waals surface area contributed by atoms with Crippen LogP contribution in [0.2, 0.25) is 0 Å². The number of nitrogens with zero attached hydrogens (tertiary/aromatic N) is 5. The summed E-state index contributed by atoms with van der Waals surface area (Å²) in [4.78, 5) is 4.30. The molecular weight excluding hydrogens is 496 g/mol. The molecule has 0 bridgehead atoms. The van der Waals surface area contributed by atoms with Gasteiger partial charge in [0.1, 0.15) is 17.3 Å². The van der Waals surface area contributed by atoms with Crippen molar-refractivity contribution in [1.29, 1.82) is 0 Å². The minimum absolute atomic E-state index is 0.0892. The number of anilines is 2. The third-order valence-corrected chi connectivity index (χ3v) is 6.67. The molecule has 2 saturated heterocycles. The van der Waals surface area contributed by atoms with Crippen LogP contribution in [0.5, 0.6) is 0 Å². The molecule has 2 aromatic rings. The number of benzene rings is 2. The van der Waals surface area contributed by atoms with Crippen LogP contribution in [0.4, 0.5) is 20.2 Å². The molecule has 0 amide bonds. The molecule has 0 radical (unpaired) electrons. The molecule has 3 aliphatic heterocycles. The molecule has 2 fully saturated rings. The van der Waals surface area contributed by atoms with Gasteiger partial charge in [0, 0.05) is 50.4 Å². The van der Waals surface area contributed by atoms with Crippen LogP contribution in [-0.4, -0.2) is 85.2 Å². The Bertz CT molecular complexity index is 1180. The lowest BCUT2D eigenvalue weighted by atomic mass is 10.1. The van der Waals surface area contributed by atoms with Crippen molar-refractivity contribution in [1.82, 2.24) is 14.9 Å². The highest BCUT2D eigenvalue weighted by Crippen LogP contribution is 2.20. The quantitative estimate of drug-likeness (QED) is 0.374. The number of nitrogens with two attached hydrogens (primary N) is 2. The van der Waals surface area contributed by atoms with Crippen molar-refractivity contribution >= 4 is 22.9 Å². The molecule has 3 heterocycles. The Hall–Kier alpha value is -3.36. The molecule has 6 N–H and O–H groups in total. The van der Waals surface area contributed by atoms with Gasteiger partial charge in [0.25, 0.3) is 0 Å². The summed E-state index contributed by atoms with van der Waals surface area (Å²) in [6, 6.07) is 9.73. The Morgan fingerprint density at radius 1 is 0.868 bits per heavy atom. The maximum atomic E-state index is 14.7. The molecule has 1 atom stereocenters. The summed E-state index contributed by atoms with van der Waals surface area (Å²) in [5.41, 5.74) is 20.4. The van der Waals surface area contributed by atoms with Gasteiger partial charge in [-0.3, -0.25) is 20.7 Å². The van der Waals surface area contributed by atoms with Gasteiger partial charge in [0.2, 0.25) is 0 Å². The smallest absolute Gasteiger partial charge is 0.172 e. The van der Waals surface area contributed by atoms with Crippen molar-refractivity contribution in [2.45, 2.75) is 19.3 Å². The number of nitrogens with one attached hydrogen (secondary N) is 2. The van der Waals surface area contributed by atoms with Crippen LogP contribution in [0.3, 0.4) is 0 Å². The lowest BCUT2D eigenvalue weighted by Crippen LogP contribution is -2.45. The van der Waals surface area contributed by atoms with Gasteiger partial charge in [-0.05, 0) is 24.3 Å². The summed E-state index contributed by atoms with van der Waals surface area (Å²) in [5, 5.41) is 9.74. The molecule has 0 spiro atoms. The fourth-order valence-corrected chi connectivity index (χ4v) is 4.46. The lowest BCUT2D eigenvalue weighted by Gasteiger charge is -2.27. The highest BCUT2D eigenvalue weighted by molar-refractivity contribution is 6.43. The third kappa shape index (κ3) is 6.37. The zero-order chi connectivity index (χ0) is 26.5. The Kier molecular flexibility index (Phi) is 8.29. The number of ether oxygens (including phenoxy) is 2. The molecule has 0 aliphatic carbocycles. The van der Waals surface area contributed by atoms with Crippen molar-refractivity contribution in [2.24, 2.45) is 21.7 Å². The summed E-state index contributed by atoms with van der Waals surface area (Å²) >= 11 is 0. The van der Waals surface area contributed by atoms with Gasteiger partial charge in [-0.2, -0.15) is 10.2 Å². The first-order valence-corrected chi connectivity index (χ1v) is 12.6. The van der Waals surface area contributed by atoms with Gasteiger partial charge in [0.15, 0.2) is 12.0 Å². The van der Waals surface area contributed by atoms with Gasteiger partial charge >= 0.3 is 0 Å². The maximum absolute atomic E-state index is 14.7. The molecule has 5 rings (SSSR count). The molecular formula is C25H33F2N9O2. The van der Waals surface area contributed by atoms with E-state index in [0.717, 1.165) is 26.2 Å². The van der Waals surface area contributed by atoms with E-state index >= 15 is 0 Å². The number of morpholine rings is 2. The molecule has 3 aliphatic rings. The predicted molar refractivity (Wildman–Crippen MR) is 141 cm³/mol. The van der Waals surface area contributed by atoms with Crippen molar-refractivity contribution in [2.75, 3.05) is 63.5 Å². The van der Waals surface area contributed by atoms with Crippen molar-refractivity contribution in [3.05, 3.63) is 59.2 Å². The minimum Gasteiger partial charge on any atom is -0.381 e. The second-order valence-electron chi connectivity index (χ2n) is 9.38. The van der Waals surface area contributed by atoms with Gasteiger partial charge in [-0.15, -0.1) is 5.10 Å². The van der Waals surface area contributed by atoms with E-state index in [-0.39, 0.29) is 23.2 Å². The Morgan fingerprint density at radius 3 is 1.95 bits per heavy atom. The van der Waals surface area contributed by atoms with Gasteiger partial charge in [0.05, 0.1) is 37.8 Å². The Labute approximate surface area is 220 Å². The minimum atomic E-state index is -0.843. The number of hydrazine groups is 1. The van der Waals surface area contributed by atoms with E-state index in [1.54, 1.807) is 24.3 Å². The standard InChI is InChI=1S/C25H33F2N9O2/c26-21-13-19(3-1-17(21)15-34-5-9-37-10-6-34)30-31-23-24(28)33-36(25(23)29)32-20-4-2-18(22(27)14-20)16-35-7-11-38-12-8-35/h1-4,13-14,25,30,32H,5-12,15-16,29H2,(H2,28,33). The zero-order valence-corrected chi connectivity index (χ0v) is 21.1. The summed E-state index contributed by atoms with van der Waals surface area (Å²) in [6.07, 6.45) is -0.843. The second-order valence-corrected chi connectivity index (χ2v) is 9.38. The lowest BCUT2D eigenvalue weighted by molar-refractivity contribution is 0.0337.